The van der Waals surface area contributed by atoms with Gasteiger partial charge in [-0.05, 0) is 43.2 Å². The summed E-state index contributed by atoms with van der Waals surface area (Å²) >= 11 is 3.15. The van der Waals surface area contributed by atoms with Crippen molar-refractivity contribution in [2.24, 2.45) is 5.92 Å². The molecular weight excluding hydrogens is 468 g/mol. The zero-order valence-corrected chi connectivity index (χ0v) is 20.4. The molecule has 1 aromatic carbocycles. The Balaban J connectivity index is 1.40. The van der Waals surface area contributed by atoms with Crippen molar-refractivity contribution in [3.05, 3.63) is 40.4 Å². The number of aromatic nitrogens is 1. The van der Waals surface area contributed by atoms with E-state index >= 15 is 0 Å². The SMILES string of the molecule is COc1ccc(Nc2nc(/C=C3/SCCN3C(=O)C3CCN(S(C)(=O)=O)CC3)cs2)cc1. The van der Waals surface area contributed by atoms with Gasteiger partial charge in [-0.2, -0.15) is 0 Å². The Bertz CT molecular complexity index is 1090. The maximum atomic E-state index is 13.1. The van der Waals surface area contributed by atoms with Crippen LogP contribution in [-0.2, 0) is 14.8 Å². The number of benzene rings is 1. The molecule has 0 spiro atoms. The van der Waals surface area contributed by atoms with Crippen LogP contribution in [0.1, 0.15) is 18.5 Å². The second-order valence-corrected chi connectivity index (χ2v) is 11.6. The Kier molecular flexibility index (Phi) is 7.08. The molecule has 0 atom stereocenters. The van der Waals surface area contributed by atoms with E-state index in [-0.39, 0.29) is 11.8 Å². The van der Waals surface area contributed by atoms with E-state index in [1.54, 1.807) is 18.9 Å². The number of amides is 1. The molecule has 2 aromatic rings. The molecule has 2 aliphatic heterocycles. The van der Waals surface area contributed by atoms with Crippen LogP contribution < -0.4 is 10.1 Å². The number of piperidine rings is 1. The number of hydrogen-bond donors (Lipinski definition) is 1. The van der Waals surface area contributed by atoms with Crippen LogP contribution in [0.15, 0.2) is 34.7 Å². The molecule has 3 heterocycles. The van der Waals surface area contributed by atoms with Crippen LogP contribution in [0.25, 0.3) is 6.08 Å². The number of nitrogens with zero attached hydrogens (tertiary/aromatic N) is 3. The van der Waals surface area contributed by atoms with E-state index in [0.717, 1.165) is 33.0 Å². The first-order chi connectivity index (χ1) is 15.3. The zero-order valence-electron chi connectivity index (χ0n) is 18.0. The van der Waals surface area contributed by atoms with Crippen LogP contribution in [0.3, 0.4) is 0 Å². The van der Waals surface area contributed by atoms with Gasteiger partial charge in [0.1, 0.15) is 5.75 Å². The van der Waals surface area contributed by atoms with E-state index in [9.17, 15) is 13.2 Å². The minimum absolute atomic E-state index is 0.0845. The van der Waals surface area contributed by atoms with Crippen molar-refractivity contribution in [2.45, 2.75) is 12.8 Å². The Labute approximate surface area is 196 Å². The Hall–Kier alpha value is -2.08. The van der Waals surface area contributed by atoms with Crippen molar-refractivity contribution in [1.82, 2.24) is 14.2 Å². The van der Waals surface area contributed by atoms with E-state index in [2.05, 4.69) is 10.3 Å². The molecule has 2 fully saturated rings. The molecule has 0 saturated carbocycles. The lowest BCUT2D eigenvalue weighted by Crippen LogP contribution is -2.43. The highest BCUT2D eigenvalue weighted by atomic mass is 32.2. The lowest BCUT2D eigenvalue weighted by molar-refractivity contribution is -0.133. The second kappa shape index (κ2) is 9.82. The number of sulfonamides is 1. The molecule has 1 aromatic heterocycles. The maximum absolute atomic E-state index is 13.1. The molecule has 0 unspecified atom stereocenters. The predicted octanol–water partition coefficient (Wildman–Crippen LogP) is 3.44. The van der Waals surface area contributed by atoms with Gasteiger partial charge < -0.3 is 15.0 Å². The van der Waals surface area contributed by atoms with Crippen LogP contribution in [0.2, 0.25) is 0 Å². The van der Waals surface area contributed by atoms with E-state index in [1.165, 1.54) is 21.9 Å². The fourth-order valence-electron chi connectivity index (χ4n) is 3.76. The van der Waals surface area contributed by atoms with Gasteiger partial charge in [-0.3, -0.25) is 4.79 Å². The number of thioether (sulfide) groups is 1. The van der Waals surface area contributed by atoms with Crippen LogP contribution in [0.5, 0.6) is 5.75 Å². The summed E-state index contributed by atoms with van der Waals surface area (Å²) in [7, 11) is -1.56. The number of methoxy groups -OCH3 is 1. The van der Waals surface area contributed by atoms with Gasteiger partial charge >= 0.3 is 0 Å². The minimum Gasteiger partial charge on any atom is -0.497 e. The molecule has 0 bridgehead atoms. The summed E-state index contributed by atoms with van der Waals surface area (Å²) in [4.78, 5) is 19.6. The first-order valence-corrected chi connectivity index (χ1v) is 14.0. The smallest absolute Gasteiger partial charge is 0.230 e. The van der Waals surface area contributed by atoms with E-state index in [1.807, 2.05) is 40.6 Å². The molecule has 2 aliphatic rings. The van der Waals surface area contributed by atoms with Crippen LogP contribution in [0.4, 0.5) is 10.8 Å². The van der Waals surface area contributed by atoms with Gasteiger partial charge in [0.15, 0.2) is 5.13 Å². The van der Waals surface area contributed by atoms with Gasteiger partial charge in [0.2, 0.25) is 15.9 Å². The number of thiazole rings is 1. The maximum Gasteiger partial charge on any atom is 0.230 e. The number of carbonyl (C=O) groups excluding carboxylic acids is 1. The highest BCUT2D eigenvalue weighted by Crippen LogP contribution is 2.34. The van der Waals surface area contributed by atoms with Gasteiger partial charge in [-0.25, -0.2) is 17.7 Å². The number of nitrogens with one attached hydrogen (secondary N) is 1. The van der Waals surface area contributed by atoms with E-state index in [4.69, 9.17) is 4.74 Å². The van der Waals surface area contributed by atoms with E-state index in [0.29, 0.717) is 32.5 Å². The number of rotatable bonds is 6. The summed E-state index contributed by atoms with van der Waals surface area (Å²) in [6, 6.07) is 7.64. The van der Waals surface area contributed by atoms with Gasteiger partial charge in [-0.15, -0.1) is 23.1 Å². The van der Waals surface area contributed by atoms with Crippen molar-refractivity contribution in [3.8, 4) is 5.75 Å². The third-order valence-corrected chi connectivity index (χ3v) is 8.60. The highest BCUT2D eigenvalue weighted by Gasteiger charge is 2.34. The molecule has 32 heavy (non-hydrogen) atoms. The molecule has 0 aliphatic carbocycles. The summed E-state index contributed by atoms with van der Waals surface area (Å²) in [6.45, 7) is 1.48. The first kappa shape index (κ1) is 23.1. The Morgan fingerprint density at radius 1 is 1.22 bits per heavy atom. The number of hydrogen-bond acceptors (Lipinski definition) is 8. The van der Waals surface area contributed by atoms with Gasteiger partial charge in [0.05, 0.1) is 24.1 Å². The van der Waals surface area contributed by atoms with Crippen LogP contribution in [-0.4, -0.2) is 67.3 Å². The summed E-state index contributed by atoms with van der Waals surface area (Å²) in [5, 5.41) is 6.93. The lowest BCUT2D eigenvalue weighted by atomic mass is 9.96. The number of carbonyl (C=O) groups is 1. The topological polar surface area (TPSA) is 91.8 Å². The molecule has 11 heteroatoms. The molecule has 172 valence electrons. The fourth-order valence-corrected chi connectivity index (χ4v) is 6.34. The molecule has 1 N–H and O–H groups in total. The van der Waals surface area contributed by atoms with Crippen molar-refractivity contribution in [2.75, 3.05) is 44.1 Å². The van der Waals surface area contributed by atoms with Crippen molar-refractivity contribution < 1.29 is 17.9 Å². The molecule has 2 saturated heterocycles. The minimum atomic E-state index is -3.20. The normalized spacial score (nSPS) is 19.4. The molecule has 0 radical (unpaired) electrons. The van der Waals surface area contributed by atoms with Crippen LogP contribution >= 0.6 is 23.1 Å². The standard InChI is InChI=1S/C21H26N4O4S3/c1-29-18-5-3-16(4-6-18)22-21-23-17(14-31-21)13-19-25(11-12-30-19)20(26)15-7-9-24(10-8-15)32(2,27)28/h3-6,13-15H,7-12H2,1-2H3,(H,22,23)/b19-13+. The predicted molar refractivity (Wildman–Crippen MR) is 130 cm³/mol. The fraction of sp³-hybridized carbons (Fsp3) is 0.429. The number of ether oxygens (including phenoxy) is 1. The average Bonchev–Trinajstić information content (AvgIpc) is 3.43. The van der Waals surface area contributed by atoms with E-state index < -0.39 is 10.0 Å². The summed E-state index contributed by atoms with van der Waals surface area (Å²) in [5.74, 6) is 1.59. The quantitative estimate of drug-likeness (QED) is 0.658. The molecule has 4 rings (SSSR count). The first-order valence-electron chi connectivity index (χ1n) is 10.3. The largest absolute Gasteiger partial charge is 0.497 e. The lowest BCUT2D eigenvalue weighted by Gasteiger charge is -2.31. The summed E-state index contributed by atoms with van der Waals surface area (Å²) < 4.78 is 30.1. The Morgan fingerprint density at radius 3 is 2.59 bits per heavy atom. The second-order valence-electron chi connectivity index (χ2n) is 7.69. The molecule has 1 amide bonds. The van der Waals surface area contributed by atoms with Gasteiger partial charge in [0, 0.05) is 42.4 Å². The van der Waals surface area contributed by atoms with Crippen molar-refractivity contribution in [3.63, 3.8) is 0 Å². The van der Waals surface area contributed by atoms with Crippen molar-refractivity contribution in [1.29, 1.82) is 0 Å². The monoisotopic (exact) mass is 494 g/mol. The number of anilines is 2. The van der Waals surface area contributed by atoms with Crippen LogP contribution in [0, 0.1) is 5.92 Å². The molecule has 8 nitrogen and oxygen atoms in total. The summed E-state index contributed by atoms with van der Waals surface area (Å²) in [5.41, 5.74) is 1.73. The average molecular weight is 495 g/mol. The highest BCUT2D eigenvalue weighted by molar-refractivity contribution is 8.03. The Morgan fingerprint density at radius 2 is 1.94 bits per heavy atom. The van der Waals surface area contributed by atoms with Crippen molar-refractivity contribution >= 4 is 55.9 Å². The van der Waals surface area contributed by atoms with Gasteiger partial charge in [-0.1, -0.05) is 0 Å². The van der Waals surface area contributed by atoms with Gasteiger partial charge in [0.25, 0.3) is 0 Å². The zero-order chi connectivity index (χ0) is 22.7. The third kappa shape index (κ3) is 5.45. The molecular formula is C21H26N4O4S3. The summed E-state index contributed by atoms with van der Waals surface area (Å²) in [6.07, 6.45) is 4.30. The third-order valence-electron chi connectivity index (χ3n) is 5.50.